The van der Waals surface area contributed by atoms with Gasteiger partial charge in [-0.25, -0.2) is 4.98 Å². The van der Waals surface area contributed by atoms with Crippen LogP contribution in [0.15, 0.2) is 12.5 Å². The van der Waals surface area contributed by atoms with E-state index in [1.54, 1.807) is 12.5 Å². The van der Waals surface area contributed by atoms with E-state index in [0.29, 0.717) is 5.69 Å². The van der Waals surface area contributed by atoms with Crippen molar-refractivity contribution in [2.75, 3.05) is 5.73 Å². The minimum Gasteiger partial charge on any atom is -0.396 e. The summed E-state index contributed by atoms with van der Waals surface area (Å²) in [6.45, 7) is 1.92. The van der Waals surface area contributed by atoms with Gasteiger partial charge < -0.3 is 10.7 Å². The molecule has 0 aromatic carbocycles. The molecule has 0 atom stereocenters. The van der Waals surface area contributed by atoms with Crippen LogP contribution in [0, 0.1) is 6.92 Å². The van der Waals surface area contributed by atoms with Gasteiger partial charge in [0.15, 0.2) is 0 Å². The van der Waals surface area contributed by atoms with Crippen LogP contribution >= 0.6 is 0 Å². The maximum Gasteiger partial charge on any atom is 0.115 e. The highest BCUT2D eigenvalue weighted by atomic mass is 14.9. The van der Waals surface area contributed by atoms with Crippen molar-refractivity contribution in [3.05, 3.63) is 18.2 Å². The predicted octanol–water partition coefficient (Wildman–Crippen LogP) is 0.849. The number of imidazole rings is 1. The number of aromatic nitrogens is 3. The number of nitrogens with two attached hydrogens (primary N) is 1. The quantitative estimate of drug-likeness (QED) is 0.582. The Balaban J connectivity index is 2.96. The van der Waals surface area contributed by atoms with Crippen LogP contribution in [-0.4, -0.2) is 15.0 Å². The molecule has 0 radical (unpaired) electrons. The van der Waals surface area contributed by atoms with Crippen molar-refractivity contribution in [1.82, 2.24) is 15.0 Å². The number of fused-ring (bicyclic) bond motifs is 1. The van der Waals surface area contributed by atoms with Crippen LogP contribution < -0.4 is 5.73 Å². The molecule has 2 heterocycles. The molecule has 2 aromatic rings. The first kappa shape index (κ1) is 6.15. The largest absolute Gasteiger partial charge is 0.396 e. The number of H-pyrrole nitrogens is 1. The van der Waals surface area contributed by atoms with E-state index in [4.69, 9.17) is 5.73 Å². The van der Waals surface area contributed by atoms with Crippen LogP contribution in [0.1, 0.15) is 5.69 Å². The molecule has 0 bridgehead atoms. The average Bonchev–Trinajstić information content (AvgIpc) is 2.45. The van der Waals surface area contributed by atoms with Gasteiger partial charge in [0.2, 0.25) is 0 Å². The highest BCUT2D eigenvalue weighted by molar-refractivity contribution is 5.87. The van der Waals surface area contributed by atoms with Gasteiger partial charge >= 0.3 is 0 Å². The van der Waals surface area contributed by atoms with E-state index in [0.717, 1.165) is 16.7 Å². The first-order chi connectivity index (χ1) is 5.29. The fraction of sp³-hybridized carbons (Fsp3) is 0.143. The van der Waals surface area contributed by atoms with Gasteiger partial charge in [0.05, 0.1) is 29.4 Å². The topological polar surface area (TPSA) is 67.6 Å². The van der Waals surface area contributed by atoms with Gasteiger partial charge in [0.25, 0.3) is 0 Å². The molecule has 0 saturated heterocycles. The highest BCUT2D eigenvalue weighted by Gasteiger charge is 2.02. The zero-order chi connectivity index (χ0) is 7.84. The SMILES string of the molecule is Cc1ncc(N)c2nc[nH]c12. The summed E-state index contributed by atoms with van der Waals surface area (Å²) >= 11 is 0. The monoisotopic (exact) mass is 148 g/mol. The Labute approximate surface area is 63.5 Å². The second-order valence-corrected chi connectivity index (χ2v) is 2.43. The Morgan fingerprint density at radius 2 is 2.27 bits per heavy atom. The Morgan fingerprint density at radius 1 is 1.45 bits per heavy atom. The lowest BCUT2D eigenvalue weighted by atomic mass is 10.3. The molecule has 0 amide bonds. The molecule has 4 heteroatoms. The van der Waals surface area contributed by atoms with E-state index in [1.807, 2.05) is 6.92 Å². The number of aryl methyl sites for hydroxylation is 1. The van der Waals surface area contributed by atoms with E-state index in [-0.39, 0.29) is 0 Å². The summed E-state index contributed by atoms with van der Waals surface area (Å²) in [6, 6.07) is 0. The maximum atomic E-state index is 5.62. The summed E-state index contributed by atoms with van der Waals surface area (Å²) < 4.78 is 0. The van der Waals surface area contributed by atoms with Gasteiger partial charge in [-0.1, -0.05) is 0 Å². The van der Waals surface area contributed by atoms with E-state index in [1.165, 1.54) is 0 Å². The van der Waals surface area contributed by atoms with Crippen molar-refractivity contribution >= 4 is 16.7 Å². The third-order valence-corrected chi connectivity index (χ3v) is 1.67. The third kappa shape index (κ3) is 0.756. The first-order valence-corrected chi connectivity index (χ1v) is 3.33. The lowest BCUT2D eigenvalue weighted by Crippen LogP contribution is -1.90. The fourth-order valence-corrected chi connectivity index (χ4v) is 1.08. The number of rotatable bonds is 0. The Kier molecular flexibility index (Phi) is 1.09. The Bertz CT molecular complexity index is 354. The number of hydrogen-bond acceptors (Lipinski definition) is 3. The Hall–Kier alpha value is -1.58. The van der Waals surface area contributed by atoms with E-state index < -0.39 is 0 Å². The van der Waals surface area contributed by atoms with Crippen molar-refractivity contribution in [3.63, 3.8) is 0 Å². The van der Waals surface area contributed by atoms with Gasteiger partial charge in [-0.05, 0) is 6.92 Å². The first-order valence-electron chi connectivity index (χ1n) is 3.33. The summed E-state index contributed by atoms with van der Waals surface area (Å²) in [5, 5.41) is 0. The number of nitrogen functional groups attached to an aromatic ring is 1. The van der Waals surface area contributed by atoms with Crippen LogP contribution in [0.4, 0.5) is 5.69 Å². The van der Waals surface area contributed by atoms with Crippen molar-refractivity contribution in [2.24, 2.45) is 0 Å². The number of nitrogens with one attached hydrogen (secondary N) is 1. The molecule has 0 spiro atoms. The number of anilines is 1. The molecule has 11 heavy (non-hydrogen) atoms. The number of aromatic amines is 1. The van der Waals surface area contributed by atoms with E-state index >= 15 is 0 Å². The van der Waals surface area contributed by atoms with Crippen LogP contribution in [-0.2, 0) is 0 Å². The molecule has 3 N–H and O–H groups in total. The van der Waals surface area contributed by atoms with Crippen LogP contribution in [0.3, 0.4) is 0 Å². The molecule has 56 valence electrons. The Morgan fingerprint density at radius 3 is 3.00 bits per heavy atom. The highest BCUT2D eigenvalue weighted by Crippen LogP contribution is 2.17. The number of hydrogen-bond donors (Lipinski definition) is 2. The van der Waals surface area contributed by atoms with Gasteiger partial charge in [-0.2, -0.15) is 0 Å². The zero-order valence-electron chi connectivity index (χ0n) is 6.13. The second kappa shape index (κ2) is 1.95. The van der Waals surface area contributed by atoms with Gasteiger partial charge in [0, 0.05) is 0 Å². The van der Waals surface area contributed by atoms with Crippen molar-refractivity contribution < 1.29 is 0 Å². The van der Waals surface area contributed by atoms with Crippen LogP contribution in [0.25, 0.3) is 11.0 Å². The summed E-state index contributed by atoms with van der Waals surface area (Å²) in [6.07, 6.45) is 3.24. The van der Waals surface area contributed by atoms with Gasteiger partial charge in [-0.15, -0.1) is 0 Å². The predicted molar refractivity (Wildman–Crippen MR) is 43.0 cm³/mol. The molecule has 4 nitrogen and oxygen atoms in total. The van der Waals surface area contributed by atoms with E-state index in [2.05, 4.69) is 15.0 Å². The van der Waals surface area contributed by atoms with Crippen LogP contribution in [0.2, 0.25) is 0 Å². The summed E-state index contributed by atoms with van der Waals surface area (Å²) in [5.41, 5.74) is 8.89. The van der Waals surface area contributed by atoms with Gasteiger partial charge in [0.1, 0.15) is 5.52 Å². The molecule has 0 aliphatic rings. The molecule has 0 unspecified atom stereocenters. The lowest BCUT2D eigenvalue weighted by Gasteiger charge is -1.95. The summed E-state index contributed by atoms with van der Waals surface area (Å²) in [4.78, 5) is 11.1. The lowest BCUT2D eigenvalue weighted by molar-refractivity contribution is 1.22. The van der Waals surface area contributed by atoms with Gasteiger partial charge in [-0.3, -0.25) is 4.98 Å². The molecule has 0 fully saturated rings. The molecular weight excluding hydrogens is 140 g/mol. The molecule has 2 rings (SSSR count). The second-order valence-electron chi connectivity index (χ2n) is 2.43. The summed E-state index contributed by atoms with van der Waals surface area (Å²) in [7, 11) is 0. The average molecular weight is 148 g/mol. The van der Waals surface area contributed by atoms with Crippen molar-refractivity contribution in [1.29, 1.82) is 0 Å². The standard InChI is InChI=1S/C7H8N4/c1-4-6-7(11-3-10-6)5(8)2-9-4/h2-3H,8H2,1H3,(H,10,11). The molecule has 2 aromatic heterocycles. The molecular formula is C7H8N4. The zero-order valence-corrected chi connectivity index (χ0v) is 6.13. The molecule has 0 aliphatic heterocycles. The van der Waals surface area contributed by atoms with E-state index in [9.17, 15) is 0 Å². The normalized spacial score (nSPS) is 10.6. The summed E-state index contributed by atoms with van der Waals surface area (Å²) in [5.74, 6) is 0. The number of nitrogens with zero attached hydrogens (tertiary/aromatic N) is 2. The maximum absolute atomic E-state index is 5.62. The third-order valence-electron chi connectivity index (χ3n) is 1.67. The number of pyridine rings is 1. The minimum absolute atomic E-state index is 0.617. The minimum atomic E-state index is 0.617. The fourth-order valence-electron chi connectivity index (χ4n) is 1.08. The van der Waals surface area contributed by atoms with Crippen molar-refractivity contribution in [3.8, 4) is 0 Å². The van der Waals surface area contributed by atoms with Crippen LogP contribution in [0.5, 0.6) is 0 Å². The smallest absolute Gasteiger partial charge is 0.115 e. The molecule has 0 aliphatic carbocycles. The van der Waals surface area contributed by atoms with Crippen molar-refractivity contribution in [2.45, 2.75) is 6.92 Å². The molecule has 0 saturated carbocycles.